The molecule has 2 nitrogen and oxygen atoms in total. The Morgan fingerprint density at radius 2 is 1.89 bits per heavy atom. The maximum atomic E-state index is 9.68. The number of nitrogens with zero attached hydrogens (tertiary/aromatic N) is 2. The van der Waals surface area contributed by atoms with Gasteiger partial charge in [0.15, 0.2) is 0 Å². The standard InChI is InChI=1S/C25H30N2/c1-17(2)27-24-12-18(3)21(14-23(24)19(4)15-25(27,5)6)13-22(16-26)20-10-8-7-9-11-20/h7-14,17,19H,15H2,1-6H3/b22-13+. The van der Waals surface area contributed by atoms with Crippen molar-refractivity contribution in [1.29, 1.82) is 5.26 Å². The molecule has 2 heteroatoms. The quantitative estimate of drug-likeness (QED) is 0.459. The number of nitriles is 1. The Bertz CT molecular complexity index is 898. The van der Waals surface area contributed by atoms with E-state index in [4.69, 9.17) is 0 Å². The second-order valence-electron chi connectivity index (χ2n) is 8.68. The van der Waals surface area contributed by atoms with Crippen molar-refractivity contribution >= 4 is 17.3 Å². The van der Waals surface area contributed by atoms with Crippen LogP contribution in [0.15, 0.2) is 42.5 Å². The highest BCUT2D eigenvalue weighted by atomic mass is 15.2. The van der Waals surface area contributed by atoms with E-state index in [0.717, 1.165) is 17.5 Å². The average molecular weight is 359 g/mol. The molecule has 1 aliphatic rings. The molecule has 0 saturated carbocycles. The zero-order valence-corrected chi connectivity index (χ0v) is 17.4. The van der Waals surface area contributed by atoms with Crippen LogP contribution in [0.2, 0.25) is 0 Å². The Hall–Kier alpha value is -2.53. The van der Waals surface area contributed by atoms with Gasteiger partial charge in [0.25, 0.3) is 0 Å². The number of benzene rings is 2. The maximum Gasteiger partial charge on any atom is 0.0998 e. The summed E-state index contributed by atoms with van der Waals surface area (Å²) in [6.45, 7) is 13.7. The Morgan fingerprint density at radius 1 is 1.22 bits per heavy atom. The third kappa shape index (κ3) is 3.65. The van der Waals surface area contributed by atoms with Crippen molar-refractivity contribution in [2.75, 3.05) is 4.90 Å². The summed E-state index contributed by atoms with van der Waals surface area (Å²) in [7, 11) is 0. The van der Waals surface area contributed by atoms with Gasteiger partial charge in [-0.1, -0.05) is 37.3 Å². The number of aryl methyl sites for hydroxylation is 1. The summed E-state index contributed by atoms with van der Waals surface area (Å²) in [6, 6.07) is 17.4. The lowest BCUT2D eigenvalue weighted by Gasteiger charge is -2.50. The van der Waals surface area contributed by atoms with Crippen LogP contribution in [-0.2, 0) is 0 Å². The lowest BCUT2D eigenvalue weighted by atomic mass is 9.78. The molecule has 1 heterocycles. The van der Waals surface area contributed by atoms with Gasteiger partial charge in [-0.05, 0) is 87.4 Å². The van der Waals surface area contributed by atoms with Crippen LogP contribution in [0.4, 0.5) is 5.69 Å². The molecular formula is C25H30N2. The number of hydrogen-bond donors (Lipinski definition) is 0. The molecule has 0 fully saturated rings. The topological polar surface area (TPSA) is 27.0 Å². The van der Waals surface area contributed by atoms with Crippen LogP contribution in [0, 0.1) is 18.3 Å². The highest BCUT2D eigenvalue weighted by Crippen LogP contribution is 2.45. The summed E-state index contributed by atoms with van der Waals surface area (Å²) in [4.78, 5) is 2.56. The van der Waals surface area contributed by atoms with E-state index in [1.165, 1.54) is 16.8 Å². The van der Waals surface area contributed by atoms with Crippen LogP contribution in [0.1, 0.15) is 69.2 Å². The molecule has 2 aromatic rings. The fourth-order valence-electron chi connectivity index (χ4n) is 4.70. The summed E-state index contributed by atoms with van der Waals surface area (Å²) in [5.41, 5.74) is 6.93. The summed E-state index contributed by atoms with van der Waals surface area (Å²) in [5.74, 6) is 0.500. The second-order valence-corrected chi connectivity index (χ2v) is 8.68. The predicted molar refractivity (Wildman–Crippen MR) is 116 cm³/mol. The molecule has 0 aliphatic carbocycles. The second kappa shape index (κ2) is 7.24. The zero-order valence-electron chi connectivity index (χ0n) is 17.4. The first-order chi connectivity index (χ1) is 12.7. The largest absolute Gasteiger partial charge is 0.364 e. The van der Waals surface area contributed by atoms with Crippen molar-refractivity contribution in [1.82, 2.24) is 0 Å². The molecule has 0 aromatic heterocycles. The van der Waals surface area contributed by atoms with Crippen LogP contribution in [-0.4, -0.2) is 11.6 Å². The molecule has 3 rings (SSSR count). The number of fused-ring (bicyclic) bond motifs is 1. The average Bonchev–Trinajstić information content (AvgIpc) is 2.60. The summed E-state index contributed by atoms with van der Waals surface area (Å²) in [5, 5.41) is 9.68. The minimum Gasteiger partial charge on any atom is -0.364 e. The van der Waals surface area contributed by atoms with Gasteiger partial charge in [-0.25, -0.2) is 0 Å². The van der Waals surface area contributed by atoms with E-state index >= 15 is 0 Å². The number of hydrogen-bond acceptors (Lipinski definition) is 2. The van der Waals surface area contributed by atoms with Crippen molar-refractivity contribution < 1.29 is 0 Å². The van der Waals surface area contributed by atoms with Gasteiger partial charge in [-0.15, -0.1) is 0 Å². The molecule has 27 heavy (non-hydrogen) atoms. The molecule has 0 bridgehead atoms. The van der Waals surface area contributed by atoms with Crippen molar-refractivity contribution in [3.8, 4) is 6.07 Å². The van der Waals surface area contributed by atoms with Gasteiger partial charge >= 0.3 is 0 Å². The van der Waals surface area contributed by atoms with Crippen molar-refractivity contribution in [3.05, 3.63) is 64.7 Å². The predicted octanol–water partition coefficient (Wildman–Crippen LogP) is 6.56. The van der Waals surface area contributed by atoms with Crippen molar-refractivity contribution in [3.63, 3.8) is 0 Å². The Labute approximate surface area is 164 Å². The SMILES string of the molecule is Cc1cc2c(cc1/C=C(\C#N)c1ccccc1)C(C)CC(C)(C)N2C(C)C. The monoisotopic (exact) mass is 358 g/mol. The first-order valence-corrected chi connectivity index (χ1v) is 9.85. The minimum atomic E-state index is 0.145. The van der Waals surface area contributed by atoms with Crippen molar-refractivity contribution in [2.45, 2.75) is 65.5 Å². The fourth-order valence-corrected chi connectivity index (χ4v) is 4.70. The molecule has 1 unspecified atom stereocenters. The van der Waals surface area contributed by atoms with E-state index in [9.17, 15) is 5.26 Å². The normalized spacial score (nSPS) is 19.0. The van der Waals surface area contributed by atoms with Gasteiger partial charge in [0.05, 0.1) is 11.6 Å². The van der Waals surface area contributed by atoms with Gasteiger partial charge in [0, 0.05) is 17.3 Å². The van der Waals surface area contributed by atoms with Gasteiger partial charge in [0.2, 0.25) is 0 Å². The summed E-state index contributed by atoms with van der Waals surface area (Å²) in [6.07, 6.45) is 3.17. The third-order valence-electron chi connectivity index (χ3n) is 5.69. The number of anilines is 1. The Balaban J connectivity index is 2.13. The van der Waals surface area contributed by atoms with Crippen LogP contribution in [0.5, 0.6) is 0 Å². The van der Waals surface area contributed by atoms with Crippen LogP contribution in [0.25, 0.3) is 11.6 Å². The Kier molecular flexibility index (Phi) is 5.16. The van der Waals surface area contributed by atoms with E-state index in [0.29, 0.717) is 17.5 Å². The summed E-state index contributed by atoms with van der Waals surface area (Å²) >= 11 is 0. The smallest absolute Gasteiger partial charge is 0.0998 e. The third-order valence-corrected chi connectivity index (χ3v) is 5.69. The van der Waals surface area contributed by atoms with Gasteiger partial charge in [0.1, 0.15) is 0 Å². The van der Waals surface area contributed by atoms with E-state index < -0.39 is 0 Å². The van der Waals surface area contributed by atoms with Crippen LogP contribution in [0.3, 0.4) is 0 Å². The summed E-state index contributed by atoms with van der Waals surface area (Å²) < 4.78 is 0. The molecule has 0 saturated heterocycles. The molecule has 0 spiro atoms. The fraction of sp³-hybridized carbons (Fsp3) is 0.400. The van der Waals surface area contributed by atoms with E-state index in [1.807, 2.05) is 36.4 Å². The molecule has 1 aliphatic heterocycles. The van der Waals surface area contributed by atoms with E-state index in [-0.39, 0.29) is 5.54 Å². The van der Waals surface area contributed by atoms with Gasteiger partial charge < -0.3 is 4.90 Å². The van der Waals surface area contributed by atoms with E-state index in [1.54, 1.807) is 0 Å². The van der Waals surface area contributed by atoms with E-state index in [2.05, 4.69) is 64.6 Å². The molecule has 1 atom stereocenters. The van der Waals surface area contributed by atoms with Gasteiger partial charge in [-0.2, -0.15) is 5.26 Å². The highest BCUT2D eigenvalue weighted by Gasteiger charge is 2.37. The highest BCUT2D eigenvalue weighted by molar-refractivity contribution is 5.90. The first kappa shape index (κ1) is 19.2. The number of rotatable bonds is 3. The lowest BCUT2D eigenvalue weighted by molar-refractivity contribution is 0.356. The maximum absolute atomic E-state index is 9.68. The lowest BCUT2D eigenvalue weighted by Crippen LogP contribution is -2.51. The molecule has 0 radical (unpaired) electrons. The molecule has 0 amide bonds. The zero-order chi connectivity index (χ0) is 19.8. The molecule has 140 valence electrons. The molecule has 2 aromatic carbocycles. The molecular weight excluding hydrogens is 328 g/mol. The minimum absolute atomic E-state index is 0.145. The number of allylic oxidation sites excluding steroid dienone is 1. The van der Waals surface area contributed by atoms with Crippen molar-refractivity contribution in [2.24, 2.45) is 0 Å². The van der Waals surface area contributed by atoms with Gasteiger partial charge in [-0.3, -0.25) is 0 Å². The molecule has 0 N–H and O–H groups in total. The first-order valence-electron chi connectivity index (χ1n) is 9.85. The van der Waals surface area contributed by atoms with Crippen LogP contribution >= 0.6 is 0 Å². The Morgan fingerprint density at radius 3 is 2.48 bits per heavy atom. The van der Waals surface area contributed by atoms with Crippen LogP contribution < -0.4 is 4.90 Å².